The number of nitrogens with one attached hydrogen (secondary N) is 10. The Labute approximate surface area is 701 Å². The van der Waals surface area contributed by atoms with E-state index >= 15 is 0 Å². The Morgan fingerprint density at radius 1 is 0.423 bits per heavy atom. The first-order valence-corrected chi connectivity index (χ1v) is 38.6. The predicted octanol–water partition coefficient (Wildman–Crippen LogP) is 13.7. The fourth-order valence-electron chi connectivity index (χ4n) is 14.4. The molecule has 123 heavy (non-hydrogen) atoms. The molecule has 0 aromatic carbocycles. The summed E-state index contributed by atoms with van der Waals surface area (Å²) in [5.41, 5.74) is -0.553. The van der Waals surface area contributed by atoms with Gasteiger partial charge in [0.05, 0.1) is 27.5 Å². The van der Waals surface area contributed by atoms with Crippen molar-refractivity contribution in [1.29, 1.82) is 0 Å². The molecule has 4 fully saturated rings. The molecule has 0 aliphatic carbocycles. The first-order valence-electron chi connectivity index (χ1n) is 37.5. The van der Waals surface area contributed by atoms with Crippen molar-refractivity contribution in [3.05, 3.63) is 144 Å². The van der Waals surface area contributed by atoms with E-state index in [0.717, 1.165) is 17.8 Å². The third-order valence-electron chi connectivity index (χ3n) is 20.5. The molecule has 30 nitrogen and oxygen atoms in total. The molecule has 4 aliphatic heterocycles. The van der Waals surface area contributed by atoms with Crippen LogP contribution in [0.1, 0.15) is 65.2 Å². The van der Waals surface area contributed by atoms with E-state index in [2.05, 4.69) is 90.4 Å². The average molecular weight is 1790 g/mol. The minimum atomic E-state index is -4.55. The molecule has 4 saturated heterocycles. The highest BCUT2D eigenvalue weighted by atomic mass is 35.5. The first kappa shape index (κ1) is 88.7. The second-order valence-electron chi connectivity index (χ2n) is 29.0. The number of H-pyrrole nitrogens is 4. The van der Waals surface area contributed by atoms with Gasteiger partial charge in [0, 0.05) is 171 Å². The van der Waals surface area contributed by atoms with E-state index in [4.69, 9.17) is 44.3 Å². The van der Waals surface area contributed by atoms with Crippen molar-refractivity contribution in [2.75, 3.05) is 86.1 Å². The van der Waals surface area contributed by atoms with Gasteiger partial charge in [0.15, 0.2) is 34.9 Å². The number of nitrogens with zero attached hydrogens (tertiary/aromatic N) is 14. The molecular weight excluding hydrogens is 1720 g/mol. The smallest absolute Gasteiger partial charge is 0.381 e. The van der Waals surface area contributed by atoms with Crippen molar-refractivity contribution in [1.82, 2.24) is 101 Å². The summed E-state index contributed by atoms with van der Waals surface area (Å²) in [5.74, 6) is -2.37. The number of halogens is 17. The fraction of sp³-hybridized carbons (Fsp3) is 0.368. The quantitative estimate of drug-likeness (QED) is 0.0357. The van der Waals surface area contributed by atoms with E-state index in [-0.39, 0.29) is 88.4 Å². The zero-order valence-electron chi connectivity index (χ0n) is 64.3. The summed E-state index contributed by atoms with van der Waals surface area (Å²) in [6.07, 6.45) is 2.13. The Balaban J connectivity index is 0.000000141. The lowest BCUT2D eigenvalue weighted by Gasteiger charge is -2.37. The van der Waals surface area contributed by atoms with Crippen LogP contribution in [0.25, 0.3) is 89.7 Å². The number of rotatable bonds is 18. The monoisotopic (exact) mass is 1790 g/mol. The summed E-state index contributed by atoms with van der Waals surface area (Å²) < 4.78 is 190. The summed E-state index contributed by atoms with van der Waals surface area (Å²) in [5, 5.41) is 17.7. The molecule has 0 unspecified atom stereocenters. The number of hydrogen-bond acceptors (Lipinski definition) is 22. The minimum Gasteiger partial charge on any atom is -0.381 e. The third kappa shape index (κ3) is 21.0. The molecule has 16 heterocycles. The number of amides is 4. The number of carbonyl (C=O) groups excluding carboxylic acids is 4. The maximum atomic E-state index is 14.7. The molecule has 4 amide bonds. The highest BCUT2D eigenvalue weighted by molar-refractivity contribution is 6.32. The van der Waals surface area contributed by atoms with Gasteiger partial charge in [-0.3, -0.25) is 19.2 Å². The Kier molecular flexibility index (Phi) is 26.1. The Hall–Kier alpha value is -12.0. The lowest BCUT2D eigenvalue weighted by atomic mass is 9.88. The number of ether oxygens (including phenoxy) is 2. The molecule has 12 aromatic rings. The second-order valence-corrected chi connectivity index (χ2v) is 30.3. The molecule has 2 atom stereocenters. The molecule has 0 spiro atoms. The van der Waals surface area contributed by atoms with Crippen LogP contribution in [-0.4, -0.2) is 216 Å². The van der Waals surface area contributed by atoms with Crippen molar-refractivity contribution < 1.29 is 90.1 Å². The molecule has 47 heteroatoms. The van der Waals surface area contributed by atoms with E-state index in [1.807, 2.05) is 21.3 Å². The van der Waals surface area contributed by atoms with Gasteiger partial charge < -0.3 is 71.1 Å². The molecule has 0 radical (unpaired) electrons. The molecule has 0 saturated carbocycles. The SMILES string of the molecule is C[C@]1(C(=O)NCC(F)(F)F)CCCN1c1ccnc(-c2c[nH]c3ncc(Cl)cc23)n1.C[C@]1(C(=O)NCC(F)(F)F)CCCN1c1nc(-c2c[nH]c3ncc(Cl)cc23)ncc1F.O=C(NCC(F)(F)F)C1(Nc2ccnc(-c3c[nH]c4ncc(Cl)cc34)n2)CCOCC1.O=C(NCC(F)(F)F)C1(Nc2ccnc(-c3c[nH]c4ncc(F)cc34)n2)CCOCC1. The molecule has 4 aliphatic rings. The van der Waals surface area contributed by atoms with Gasteiger partial charge in [0.1, 0.15) is 94.2 Å². The Morgan fingerprint density at radius 3 is 1.16 bits per heavy atom. The maximum absolute atomic E-state index is 14.7. The topological polar surface area (TPSA) is 383 Å². The van der Waals surface area contributed by atoms with Gasteiger partial charge >= 0.3 is 24.7 Å². The molecule has 12 aromatic heterocycles. The minimum absolute atomic E-state index is 0.156. The molecule has 10 N–H and O–H groups in total. The van der Waals surface area contributed by atoms with Crippen molar-refractivity contribution >= 4 is 126 Å². The summed E-state index contributed by atoms with van der Waals surface area (Å²) in [4.78, 5) is 117. The van der Waals surface area contributed by atoms with Gasteiger partial charge in [0.2, 0.25) is 23.6 Å². The van der Waals surface area contributed by atoms with Gasteiger partial charge in [-0.15, -0.1) is 0 Å². The summed E-state index contributed by atoms with van der Waals surface area (Å²) >= 11 is 18.1. The van der Waals surface area contributed by atoms with Crippen molar-refractivity contribution in [2.24, 2.45) is 0 Å². The number of aromatic amines is 4. The lowest BCUT2D eigenvalue weighted by molar-refractivity contribution is -0.142. The van der Waals surface area contributed by atoms with E-state index < -0.39 is 108 Å². The largest absolute Gasteiger partial charge is 0.405 e. The van der Waals surface area contributed by atoms with Crippen LogP contribution in [0, 0.1) is 11.6 Å². The number of fused-ring (bicyclic) bond motifs is 4. The standard InChI is InChI=1S/C19H17ClF4N6O.C19H18ClF3N6O2.C19H18ClF3N6O.C19H18F4N6O2/c1-18(17(31)28-9-19(22,23)24)3-2-4-30(18)16-13(21)8-27-15(29-16)12-7-26-14-11(12)5-10(20)6-25-14;20-11-7-12-13(9-26-15(12)25-8-11)16-24-4-1-14(28-16)29-18(2-5-31-6-3-18)17(30)27-10-19(21,22)23;1-18(17(30)27-10-19(21,22)23)4-2-6-29(18)14-3-5-24-16(28-14)13-9-26-15-12(13)7-11(20)8-25-15;20-11-7-12-13(9-26-15(12)25-8-11)16-24-4-1-14(28-16)29-18(2-5-31-6-3-18)17(30)27-10-19(21,22)23/h5-8H,2-4,9H2,1H3,(H,25,26)(H,28,31);1,4,7-9H,2-3,5-6,10H2,(H,25,26)(H,27,30)(H,24,28,29);3,5,7-9H,2,4,6,10H2,1H3,(H,25,26)(H,27,30);1,4,7-9H,2-3,5-6,10H2,(H,25,26)(H,27,30)(H,24,28,29)/t18-;;18-;/m1.1./s1. The maximum Gasteiger partial charge on any atom is 0.405 e. The number of anilines is 4. The molecule has 0 bridgehead atoms. The van der Waals surface area contributed by atoms with E-state index in [1.54, 1.807) is 73.1 Å². The van der Waals surface area contributed by atoms with Crippen LogP contribution in [0.2, 0.25) is 15.1 Å². The predicted molar refractivity (Wildman–Crippen MR) is 422 cm³/mol. The van der Waals surface area contributed by atoms with Crippen molar-refractivity contribution in [3.63, 3.8) is 0 Å². The Bertz CT molecular complexity index is 5670. The Morgan fingerprint density at radius 2 is 0.764 bits per heavy atom. The van der Waals surface area contributed by atoms with E-state index in [9.17, 15) is 80.6 Å². The lowest BCUT2D eigenvalue weighted by Crippen LogP contribution is -2.57. The highest BCUT2D eigenvalue weighted by Crippen LogP contribution is 2.40. The van der Waals surface area contributed by atoms with Crippen LogP contribution < -0.4 is 41.7 Å². The summed E-state index contributed by atoms with van der Waals surface area (Å²) in [6, 6.07) is 11.1. The van der Waals surface area contributed by atoms with Gasteiger partial charge in [-0.25, -0.2) is 68.6 Å². The molecular formula is C76H71Cl3F14N24O6. The average Bonchev–Trinajstić information content (AvgIpc) is 1.68. The van der Waals surface area contributed by atoms with Crippen LogP contribution >= 0.6 is 34.8 Å². The van der Waals surface area contributed by atoms with E-state index in [0.29, 0.717) is 125 Å². The van der Waals surface area contributed by atoms with Crippen molar-refractivity contribution in [2.45, 2.75) is 112 Å². The van der Waals surface area contributed by atoms with Crippen molar-refractivity contribution in [3.8, 4) is 45.6 Å². The summed E-state index contributed by atoms with van der Waals surface area (Å²) in [6.45, 7) is -0.941. The number of hydrogen-bond donors (Lipinski definition) is 10. The summed E-state index contributed by atoms with van der Waals surface area (Å²) in [7, 11) is 0. The number of alkyl halides is 12. The first-order chi connectivity index (χ1) is 58.3. The van der Waals surface area contributed by atoms with Crippen LogP contribution in [0.3, 0.4) is 0 Å². The van der Waals surface area contributed by atoms with Crippen LogP contribution in [0.4, 0.5) is 84.7 Å². The van der Waals surface area contributed by atoms with Gasteiger partial charge in [-0.05, 0) is 82.0 Å². The third-order valence-corrected chi connectivity index (χ3v) is 21.1. The van der Waals surface area contributed by atoms with E-state index in [1.165, 1.54) is 54.9 Å². The van der Waals surface area contributed by atoms with Crippen LogP contribution in [-0.2, 0) is 28.7 Å². The number of pyridine rings is 4. The second kappa shape index (κ2) is 36.2. The van der Waals surface area contributed by atoms with Gasteiger partial charge in [0.25, 0.3) is 0 Å². The van der Waals surface area contributed by atoms with Crippen LogP contribution in [0.15, 0.2) is 117 Å². The van der Waals surface area contributed by atoms with Gasteiger partial charge in [-0.1, -0.05) is 34.8 Å². The normalized spacial score (nSPS) is 17.8. The number of aromatic nitrogens is 16. The van der Waals surface area contributed by atoms with Crippen LogP contribution in [0.5, 0.6) is 0 Å². The highest BCUT2D eigenvalue weighted by Gasteiger charge is 2.49. The number of carbonyl (C=O) groups is 4. The molecule has 16 rings (SSSR count). The fourth-order valence-corrected chi connectivity index (χ4v) is 14.8. The zero-order chi connectivity index (χ0) is 88.0. The van der Waals surface area contributed by atoms with Gasteiger partial charge in [-0.2, -0.15) is 52.7 Å². The zero-order valence-corrected chi connectivity index (χ0v) is 66.6. The molecule has 650 valence electrons.